The van der Waals surface area contributed by atoms with Gasteiger partial charge in [0.15, 0.2) is 0 Å². The molecule has 1 heterocycles. The van der Waals surface area contributed by atoms with Crippen LogP contribution in [0.4, 0.5) is 0 Å². The molecule has 0 unspecified atom stereocenters. The molecule has 0 fully saturated rings. The second-order valence-corrected chi connectivity index (χ2v) is 7.74. The van der Waals surface area contributed by atoms with Gasteiger partial charge < -0.3 is 0 Å². The number of hydrogen-bond acceptors (Lipinski definition) is 1. The molecule has 0 atom stereocenters. The monoisotopic (exact) mass is 469 g/mol. The second kappa shape index (κ2) is 7.70. The van der Waals surface area contributed by atoms with Gasteiger partial charge in [0, 0.05) is 16.7 Å². The highest BCUT2D eigenvalue weighted by Gasteiger charge is 2.22. The lowest BCUT2D eigenvalue weighted by Gasteiger charge is -2.16. The average Bonchev–Trinajstić information content (AvgIpc) is 2.57. The lowest BCUT2D eigenvalue weighted by atomic mass is 9.99. The minimum atomic E-state index is 0.249. The van der Waals surface area contributed by atoms with E-state index in [1.54, 1.807) is 36.4 Å². The van der Waals surface area contributed by atoms with Gasteiger partial charge in [-0.25, -0.2) is 4.98 Å². The first-order valence-corrected chi connectivity index (χ1v) is 9.40. The summed E-state index contributed by atoms with van der Waals surface area (Å²) in [6, 6.07) is 9.81. The Morgan fingerprint density at radius 2 is 1.00 bits per heavy atom. The molecule has 0 aliphatic heterocycles. The predicted molar refractivity (Wildman–Crippen MR) is 110 cm³/mol. The van der Waals surface area contributed by atoms with Crippen molar-refractivity contribution >= 4 is 81.2 Å². The number of aromatic nitrogens is 1. The fourth-order valence-electron chi connectivity index (χ4n) is 2.35. The van der Waals surface area contributed by atoms with Gasteiger partial charge in [0.2, 0.25) is 0 Å². The van der Waals surface area contributed by atoms with Crippen molar-refractivity contribution in [3.8, 4) is 22.4 Å². The molecular weight excluding hydrogens is 466 g/mol. The Bertz CT molecular complexity index is 985. The van der Waals surface area contributed by atoms with Crippen LogP contribution in [0.2, 0.25) is 35.3 Å². The summed E-state index contributed by atoms with van der Waals surface area (Å²) >= 11 is 43.8. The summed E-state index contributed by atoms with van der Waals surface area (Å²) in [7, 11) is 0. The van der Waals surface area contributed by atoms with Gasteiger partial charge in [0.1, 0.15) is 5.15 Å². The van der Waals surface area contributed by atoms with Crippen molar-refractivity contribution in [1.29, 1.82) is 0 Å². The lowest BCUT2D eigenvalue weighted by Crippen LogP contribution is -1.94. The third-order valence-corrected chi connectivity index (χ3v) is 5.90. The van der Waals surface area contributed by atoms with E-state index in [0.29, 0.717) is 42.5 Å². The third-order valence-electron chi connectivity index (χ3n) is 3.46. The van der Waals surface area contributed by atoms with E-state index in [1.165, 1.54) is 0 Å². The fourth-order valence-corrected chi connectivity index (χ4v) is 3.93. The Labute approximate surface area is 179 Å². The molecule has 1 nitrogen and oxygen atoms in total. The van der Waals surface area contributed by atoms with Crippen LogP contribution in [-0.2, 0) is 0 Å². The van der Waals surface area contributed by atoms with Crippen molar-refractivity contribution in [2.24, 2.45) is 0 Å². The largest absolute Gasteiger partial charge is 0.235 e. The van der Waals surface area contributed by atoms with Gasteiger partial charge in [-0.1, -0.05) is 81.2 Å². The molecular formula is C17H6Cl7N. The van der Waals surface area contributed by atoms with Gasteiger partial charge in [-0.15, -0.1) is 0 Å². The normalized spacial score (nSPS) is 11.0. The fraction of sp³-hybridized carbons (Fsp3) is 0. The first kappa shape index (κ1) is 19.4. The molecule has 0 aliphatic carbocycles. The predicted octanol–water partition coefficient (Wildman–Crippen LogP) is 8.99. The molecule has 0 N–H and O–H groups in total. The minimum Gasteiger partial charge on any atom is -0.235 e. The van der Waals surface area contributed by atoms with Crippen molar-refractivity contribution in [3.05, 3.63) is 71.7 Å². The Balaban J connectivity index is 2.41. The SMILES string of the molecule is Clc1ccc(-c2c(Cl)ccc(Cl)c2Cl)c(-c2c(Cl)ccc(Cl)c2Cl)n1. The zero-order valence-corrected chi connectivity index (χ0v) is 17.3. The van der Waals surface area contributed by atoms with E-state index in [2.05, 4.69) is 4.98 Å². The number of rotatable bonds is 2. The van der Waals surface area contributed by atoms with E-state index in [-0.39, 0.29) is 15.2 Å². The molecule has 0 saturated heterocycles. The Hall–Kier alpha value is -0.380. The number of hydrogen-bond donors (Lipinski definition) is 0. The number of halogens is 7. The lowest BCUT2D eigenvalue weighted by molar-refractivity contribution is 1.32. The standard InChI is InChI=1S/C17H6Cl7N/c18-8-2-4-10(20)15(23)13(8)7-1-6-12(22)25-17(7)14-9(19)3-5-11(21)16(14)24/h1-6H. The third kappa shape index (κ3) is 3.70. The van der Waals surface area contributed by atoms with Crippen LogP contribution < -0.4 is 0 Å². The summed E-state index contributed by atoms with van der Waals surface area (Å²) in [6.07, 6.45) is 0. The quantitative estimate of drug-likeness (QED) is 0.268. The van der Waals surface area contributed by atoms with E-state index < -0.39 is 0 Å². The van der Waals surface area contributed by atoms with Crippen molar-refractivity contribution in [3.63, 3.8) is 0 Å². The number of nitrogens with zero attached hydrogens (tertiary/aromatic N) is 1. The maximum atomic E-state index is 6.37. The van der Waals surface area contributed by atoms with E-state index >= 15 is 0 Å². The summed E-state index contributed by atoms with van der Waals surface area (Å²) in [5, 5.41) is 2.23. The maximum Gasteiger partial charge on any atom is 0.129 e. The van der Waals surface area contributed by atoms with Crippen LogP contribution in [0.1, 0.15) is 0 Å². The van der Waals surface area contributed by atoms with Crippen LogP contribution in [-0.4, -0.2) is 4.98 Å². The summed E-state index contributed by atoms with van der Waals surface area (Å²) in [4.78, 5) is 4.37. The van der Waals surface area contributed by atoms with Crippen LogP contribution in [0.25, 0.3) is 22.4 Å². The molecule has 3 rings (SSSR count). The van der Waals surface area contributed by atoms with Gasteiger partial charge in [-0.05, 0) is 36.4 Å². The topological polar surface area (TPSA) is 12.9 Å². The molecule has 0 bridgehead atoms. The highest BCUT2D eigenvalue weighted by atomic mass is 35.5. The van der Waals surface area contributed by atoms with E-state index in [1.807, 2.05) is 0 Å². The van der Waals surface area contributed by atoms with Gasteiger partial charge in [-0.3, -0.25) is 0 Å². The van der Waals surface area contributed by atoms with Gasteiger partial charge in [0.05, 0.1) is 35.8 Å². The van der Waals surface area contributed by atoms with Crippen LogP contribution in [0.5, 0.6) is 0 Å². The molecule has 0 radical (unpaired) electrons. The number of pyridine rings is 1. The summed E-state index contributed by atoms with van der Waals surface area (Å²) < 4.78 is 0. The molecule has 8 heteroatoms. The molecule has 0 saturated carbocycles. The smallest absolute Gasteiger partial charge is 0.129 e. The van der Waals surface area contributed by atoms with Gasteiger partial charge >= 0.3 is 0 Å². The number of benzene rings is 2. The molecule has 128 valence electrons. The first-order chi connectivity index (χ1) is 11.8. The molecule has 1 aromatic heterocycles. The van der Waals surface area contributed by atoms with Crippen LogP contribution in [0.15, 0.2) is 36.4 Å². The molecule has 0 amide bonds. The van der Waals surface area contributed by atoms with Crippen molar-refractivity contribution < 1.29 is 0 Å². The molecule has 3 aromatic rings. The highest BCUT2D eigenvalue weighted by Crippen LogP contribution is 2.46. The maximum absolute atomic E-state index is 6.37. The zero-order valence-electron chi connectivity index (χ0n) is 12.1. The van der Waals surface area contributed by atoms with Crippen LogP contribution >= 0.6 is 81.2 Å². The average molecular weight is 472 g/mol. The molecule has 0 aliphatic rings. The Morgan fingerprint density at radius 3 is 1.60 bits per heavy atom. The van der Waals surface area contributed by atoms with Crippen LogP contribution in [0.3, 0.4) is 0 Å². The van der Waals surface area contributed by atoms with E-state index in [0.717, 1.165) is 0 Å². The highest BCUT2D eigenvalue weighted by molar-refractivity contribution is 6.47. The second-order valence-electron chi connectivity index (χ2n) is 4.97. The van der Waals surface area contributed by atoms with Crippen molar-refractivity contribution in [2.45, 2.75) is 0 Å². The minimum absolute atomic E-state index is 0.249. The summed E-state index contributed by atoms with van der Waals surface area (Å²) in [5.41, 5.74) is 1.91. The van der Waals surface area contributed by atoms with Crippen molar-refractivity contribution in [2.75, 3.05) is 0 Å². The summed E-state index contributed by atoms with van der Waals surface area (Å²) in [5.74, 6) is 0. The van der Waals surface area contributed by atoms with Crippen LogP contribution in [0, 0.1) is 0 Å². The van der Waals surface area contributed by atoms with Gasteiger partial charge in [0.25, 0.3) is 0 Å². The van der Waals surface area contributed by atoms with E-state index in [9.17, 15) is 0 Å². The molecule has 25 heavy (non-hydrogen) atoms. The molecule has 2 aromatic carbocycles. The first-order valence-electron chi connectivity index (χ1n) is 6.75. The Kier molecular flexibility index (Phi) is 5.97. The van der Waals surface area contributed by atoms with Gasteiger partial charge in [-0.2, -0.15) is 0 Å². The Morgan fingerprint density at radius 1 is 0.520 bits per heavy atom. The van der Waals surface area contributed by atoms with E-state index in [4.69, 9.17) is 81.2 Å². The molecule has 0 spiro atoms. The zero-order chi connectivity index (χ0) is 18.3. The summed E-state index contributed by atoms with van der Waals surface area (Å²) in [6.45, 7) is 0. The van der Waals surface area contributed by atoms with Crippen molar-refractivity contribution in [1.82, 2.24) is 4.98 Å².